The zero-order valence-electron chi connectivity index (χ0n) is 4.14. The molecule has 2 heteroatoms. The highest BCUT2D eigenvalue weighted by Gasteiger charge is 1.90. The molecule has 0 aliphatic carbocycles. The number of hydrogen-bond acceptors (Lipinski definition) is 2. The predicted molar refractivity (Wildman–Crippen MR) is 36.3 cm³/mol. The molecule has 0 spiro atoms. The van der Waals surface area contributed by atoms with Crippen molar-refractivity contribution in [1.82, 2.24) is 0 Å². The lowest BCUT2D eigenvalue weighted by Crippen LogP contribution is -1.85. The Morgan fingerprint density at radius 1 is 1.83 bits per heavy atom. The first kappa shape index (κ1) is 6.70. The minimum absolute atomic E-state index is 0.716. The molecule has 0 amide bonds. The second-order valence-electron chi connectivity index (χ2n) is 1.32. The van der Waals surface area contributed by atoms with E-state index in [1.165, 1.54) is 6.42 Å². The maximum absolute atomic E-state index is 4.01. The number of thiol groups is 1. The van der Waals surface area contributed by atoms with Crippen molar-refractivity contribution in [2.45, 2.75) is 25.5 Å². The van der Waals surface area contributed by atoms with E-state index in [0.717, 1.165) is 0 Å². The highest BCUT2D eigenvalue weighted by atomic mass is 33.1. The molecule has 0 aliphatic heterocycles. The van der Waals surface area contributed by atoms with E-state index in [4.69, 9.17) is 0 Å². The van der Waals surface area contributed by atoms with Crippen molar-refractivity contribution in [2.24, 2.45) is 0 Å². The third-order valence-corrected chi connectivity index (χ3v) is 2.53. The van der Waals surface area contributed by atoms with Gasteiger partial charge in [0.15, 0.2) is 0 Å². The van der Waals surface area contributed by atoms with Crippen LogP contribution in [0.25, 0.3) is 0 Å². The van der Waals surface area contributed by atoms with Gasteiger partial charge in [0.2, 0.25) is 0 Å². The third kappa shape index (κ3) is 2.91. The lowest BCUT2D eigenvalue weighted by atomic mass is 10.4. The second-order valence-corrected chi connectivity index (χ2v) is 2.97. The Morgan fingerprint density at radius 2 is 2.33 bits per heavy atom. The summed E-state index contributed by atoms with van der Waals surface area (Å²) in [5.41, 5.74) is 0. The third-order valence-electron chi connectivity index (χ3n) is 0.755. The molecule has 0 radical (unpaired) electrons. The average Bonchev–Trinajstić information content (AvgIpc) is 1.65. The first-order valence-electron chi connectivity index (χ1n) is 2.11. The highest BCUT2D eigenvalue weighted by Crippen LogP contribution is 2.15. The van der Waals surface area contributed by atoms with Gasteiger partial charge in [0, 0.05) is 5.25 Å². The minimum Gasteiger partial charge on any atom is -0.111 e. The van der Waals surface area contributed by atoms with Crippen LogP contribution in [0.4, 0.5) is 0 Å². The molecule has 6 heavy (non-hydrogen) atoms. The summed E-state index contributed by atoms with van der Waals surface area (Å²) in [5.74, 6) is 0. The number of rotatable bonds is 2. The Hall–Kier alpha value is 0.700. The van der Waals surface area contributed by atoms with Crippen molar-refractivity contribution < 1.29 is 0 Å². The molecule has 0 aromatic rings. The van der Waals surface area contributed by atoms with Gasteiger partial charge in [-0.15, -0.1) is 11.7 Å². The smallest absolute Gasteiger partial charge is 0.0118 e. The molecule has 0 heterocycles. The fourth-order valence-electron chi connectivity index (χ4n) is 0.0745. The first-order chi connectivity index (χ1) is 2.81. The Kier molecular flexibility index (Phi) is 4.33. The van der Waals surface area contributed by atoms with Crippen LogP contribution in [-0.2, 0) is 0 Å². The van der Waals surface area contributed by atoms with E-state index in [1.807, 2.05) is 0 Å². The van der Waals surface area contributed by atoms with Gasteiger partial charge in [0.1, 0.15) is 0 Å². The van der Waals surface area contributed by atoms with Gasteiger partial charge in [-0.1, -0.05) is 24.6 Å². The van der Waals surface area contributed by atoms with Gasteiger partial charge in [-0.3, -0.25) is 0 Å². The predicted octanol–water partition coefficient (Wildman–Crippen LogP) is 2.36. The quantitative estimate of drug-likeness (QED) is 0.433. The van der Waals surface area contributed by atoms with Gasteiger partial charge in [-0.05, 0) is 6.42 Å². The van der Waals surface area contributed by atoms with Crippen molar-refractivity contribution in [3.8, 4) is 0 Å². The standard InChI is InChI=1S/C4H10S2/c1-3-4(2)6-5/h4-5H,3H2,1-2H3. The van der Waals surface area contributed by atoms with E-state index >= 15 is 0 Å². The van der Waals surface area contributed by atoms with Crippen LogP contribution in [0, 0.1) is 0 Å². The molecule has 38 valence electrons. The van der Waals surface area contributed by atoms with Crippen LogP contribution >= 0.6 is 22.5 Å². The summed E-state index contributed by atoms with van der Waals surface area (Å²) >= 11 is 4.01. The SMILES string of the molecule is CCC(C)SS. The van der Waals surface area contributed by atoms with Gasteiger partial charge in [0.05, 0.1) is 0 Å². The monoisotopic (exact) mass is 122 g/mol. The van der Waals surface area contributed by atoms with Crippen molar-refractivity contribution >= 4 is 22.5 Å². The van der Waals surface area contributed by atoms with Crippen LogP contribution < -0.4 is 0 Å². The lowest BCUT2D eigenvalue weighted by Gasteiger charge is -1.97. The summed E-state index contributed by atoms with van der Waals surface area (Å²) in [7, 11) is 1.62. The molecule has 0 fully saturated rings. The molecule has 0 saturated heterocycles. The summed E-state index contributed by atoms with van der Waals surface area (Å²) in [6.45, 7) is 4.32. The maximum Gasteiger partial charge on any atom is 0.0118 e. The molecule has 0 bridgehead atoms. The Labute approximate surface area is 48.5 Å². The molecular formula is C4H10S2. The summed E-state index contributed by atoms with van der Waals surface area (Å²) in [4.78, 5) is 0. The van der Waals surface area contributed by atoms with Gasteiger partial charge in [-0.2, -0.15) is 0 Å². The zero-order chi connectivity index (χ0) is 4.99. The van der Waals surface area contributed by atoms with Crippen molar-refractivity contribution in [1.29, 1.82) is 0 Å². The van der Waals surface area contributed by atoms with Crippen molar-refractivity contribution in [3.63, 3.8) is 0 Å². The van der Waals surface area contributed by atoms with Gasteiger partial charge in [-0.25, -0.2) is 0 Å². The summed E-state index contributed by atoms with van der Waals surface area (Å²) in [6, 6.07) is 0. The maximum atomic E-state index is 4.01. The van der Waals surface area contributed by atoms with Crippen molar-refractivity contribution in [2.75, 3.05) is 0 Å². The molecule has 0 aliphatic rings. The Bertz CT molecular complexity index is 24.7. The van der Waals surface area contributed by atoms with E-state index in [-0.39, 0.29) is 0 Å². The molecular weight excluding hydrogens is 112 g/mol. The van der Waals surface area contributed by atoms with E-state index in [0.29, 0.717) is 5.25 Å². The van der Waals surface area contributed by atoms with E-state index in [9.17, 15) is 0 Å². The molecule has 0 aromatic carbocycles. The molecule has 1 atom stereocenters. The van der Waals surface area contributed by atoms with E-state index in [1.54, 1.807) is 10.8 Å². The van der Waals surface area contributed by atoms with Crippen LogP contribution in [0.15, 0.2) is 0 Å². The normalized spacial score (nSPS) is 14.5. The van der Waals surface area contributed by atoms with E-state index < -0.39 is 0 Å². The average molecular weight is 122 g/mol. The molecule has 0 rings (SSSR count). The van der Waals surface area contributed by atoms with Crippen LogP contribution in [0.5, 0.6) is 0 Å². The Balaban J connectivity index is 2.75. The van der Waals surface area contributed by atoms with Crippen molar-refractivity contribution in [3.05, 3.63) is 0 Å². The molecule has 1 unspecified atom stereocenters. The molecule has 0 N–H and O–H groups in total. The Morgan fingerprint density at radius 3 is 2.33 bits per heavy atom. The zero-order valence-corrected chi connectivity index (χ0v) is 5.85. The van der Waals surface area contributed by atoms with Gasteiger partial charge in [0.25, 0.3) is 0 Å². The number of hydrogen-bond donors (Lipinski definition) is 1. The highest BCUT2D eigenvalue weighted by molar-refractivity contribution is 8.68. The topological polar surface area (TPSA) is 0 Å². The van der Waals surface area contributed by atoms with Gasteiger partial charge < -0.3 is 0 Å². The minimum atomic E-state index is 0.716. The van der Waals surface area contributed by atoms with Crippen LogP contribution in [0.3, 0.4) is 0 Å². The molecule has 0 saturated carbocycles. The van der Waals surface area contributed by atoms with Gasteiger partial charge >= 0.3 is 0 Å². The van der Waals surface area contributed by atoms with E-state index in [2.05, 4.69) is 25.5 Å². The fraction of sp³-hybridized carbons (Fsp3) is 1.00. The summed E-state index contributed by atoms with van der Waals surface area (Å²) < 4.78 is 0. The first-order valence-corrected chi connectivity index (χ1v) is 4.04. The van der Waals surface area contributed by atoms with Crippen LogP contribution in [-0.4, -0.2) is 5.25 Å². The fourth-order valence-corrected chi connectivity index (χ4v) is 0.671. The lowest BCUT2D eigenvalue weighted by molar-refractivity contribution is 0.912. The van der Waals surface area contributed by atoms with Crippen LogP contribution in [0.2, 0.25) is 0 Å². The van der Waals surface area contributed by atoms with Crippen LogP contribution in [0.1, 0.15) is 20.3 Å². The summed E-state index contributed by atoms with van der Waals surface area (Å²) in [6.07, 6.45) is 1.22. The summed E-state index contributed by atoms with van der Waals surface area (Å²) in [5, 5.41) is 0.716. The second kappa shape index (κ2) is 3.88. The largest absolute Gasteiger partial charge is 0.111 e. The molecule has 0 aromatic heterocycles. The molecule has 0 nitrogen and oxygen atoms in total.